The Balaban J connectivity index is 1.60. The topological polar surface area (TPSA) is 79.8 Å². The van der Waals surface area contributed by atoms with E-state index >= 15 is 0 Å². The van der Waals surface area contributed by atoms with E-state index in [1.165, 1.54) is 19.5 Å². The van der Waals surface area contributed by atoms with Gasteiger partial charge in [0.25, 0.3) is 0 Å². The number of nitrogens with one attached hydrogen (secondary N) is 1. The van der Waals surface area contributed by atoms with E-state index in [-0.39, 0.29) is 16.8 Å². The first-order chi connectivity index (χ1) is 15.3. The van der Waals surface area contributed by atoms with Crippen molar-refractivity contribution in [1.82, 2.24) is 14.9 Å². The van der Waals surface area contributed by atoms with Gasteiger partial charge in [-0.15, -0.1) is 0 Å². The van der Waals surface area contributed by atoms with Crippen molar-refractivity contribution in [1.29, 1.82) is 0 Å². The molecule has 1 atom stereocenters. The molecule has 1 spiro atoms. The lowest BCUT2D eigenvalue weighted by molar-refractivity contribution is -0.0758. The summed E-state index contributed by atoms with van der Waals surface area (Å²) in [5, 5.41) is 3.58. The lowest BCUT2D eigenvalue weighted by atomic mass is 9.87. The minimum absolute atomic E-state index is 0.000112. The van der Waals surface area contributed by atoms with E-state index in [2.05, 4.69) is 20.2 Å². The van der Waals surface area contributed by atoms with E-state index in [1.807, 2.05) is 14.0 Å². The summed E-state index contributed by atoms with van der Waals surface area (Å²) in [5.74, 6) is 0.269. The summed E-state index contributed by atoms with van der Waals surface area (Å²) in [6.07, 6.45) is 0.938. The molecule has 3 aromatic rings. The van der Waals surface area contributed by atoms with Crippen molar-refractivity contribution in [2.45, 2.75) is 18.6 Å². The van der Waals surface area contributed by atoms with Gasteiger partial charge in [-0.3, -0.25) is 9.80 Å². The Bertz CT molecular complexity index is 1230. The Morgan fingerprint density at radius 3 is 2.81 bits per heavy atom. The summed E-state index contributed by atoms with van der Waals surface area (Å²) in [4.78, 5) is 25.2. The van der Waals surface area contributed by atoms with Gasteiger partial charge in [-0.25, -0.2) is 19.2 Å². The number of anilines is 3. The third-order valence-electron chi connectivity index (χ3n) is 6.11. The predicted molar refractivity (Wildman–Crippen MR) is 119 cm³/mol. The van der Waals surface area contributed by atoms with E-state index < -0.39 is 17.5 Å². The van der Waals surface area contributed by atoms with Crippen LogP contribution in [0.2, 0.25) is 5.02 Å². The number of carbonyl (C=O) groups excluding carboxylic acids is 1. The first-order valence-corrected chi connectivity index (χ1v) is 10.5. The molecule has 0 unspecified atom stereocenters. The molecule has 2 fully saturated rings. The number of benzene rings is 2. The Hall–Kier alpha value is -3.17. The van der Waals surface area contributed by atoms with Gasteiger partial charge in [0, 0.05) is 24.5 Å². The van der Waals surface area contributed by atoms with Crippen LogP contribution in [0.15, 0.2) is 36.7 Å². The van der Waals surface area contributed by atoms with Gasteiger partial charge in [0.15, 0.2) is 11.4 Å². The van der Waals surface area contributed by atoms with Crippen molar-refractivity contribution in [3.8, 4) is 5.75 Å². The van der Waals surface area contributed by atoms with Gasteiger partial charge in [-0.1, -0.05) is 17.7 Å². The first kappa shape index (κ1) is 20.7. The van der Waals surface area contributed by atoms with Crippen molar-refractivity contribution in [2.24, 2.45) is 0 Å². The summed E-state index contributed by atoms with van der Waals surface area (Å²) in [7, 11) is 3.51. The molecular formula is C22H21ClFN5O3. The van der Waals surface area contributed by atoms with Crippen LogP contribution in [0.5, 0.6) is 5.75 Å². The largest absolute Gasteiger partial charge is 0.494 e. The number of halogens is 2. The highest BCUT2D eigenvalue weighted by atomic mass is 35.5. The molecule has 1 N–H and O–H groups in total. The third-order valence-corrected chi connectivity index (χ3v) is 6.40. The predicted octanol–water partition coefficient (Wildman–Crippen LogP) is 4.20. The van der Waals surface area contributed by atoms with Gasteiger partial charge in [0.05, 0.1) is 35.1 Å². The molecule has 2 aliphatic heterocycles. The molecule has 0 saturated carbocycles. The number of carbonyl (C=O) groups is 1. The molecule has 166 valence electrons. The molecule has 32 heavy (non-hydrogen) atoms. The Kier molecular flexibility index (Phi) is 4.83. The summed E-state index contributed by atoms with van der Waals surface area (Å²) in [6, 6.07) is 7.96. The number of methoxy groups -OCH3 is 1. The molecule has 5 rings (SSSR count). The number of ether oxygens (including phenoxy) is 2. The molecule has 8 nitrogen and oxygen atoms in total. The maximum Gasteiger partial charge on any atom is 0.415 e. The van der Waals surface area contributed by atoms with Crippen molar-refractivity contribution < 1.29 is 18.7 Å². The fourth-order valence-electron chi connectivity index (χ4n) is 4.46. The number of likely N-dealkylation sites (N-methyl/N-ethyl adjacent to an activating group) is 1. The number of amides is 1. The minimum atomic E-state index is -0.581. The smallest absolute Gasteiger partial charge is 0.415 e. The fourth-order valence-corrected chi connectivity index (χ4v) is 4.63. The number of likely N-dealkylation sites (tertiary alicyclic amines) is 1. The highest BCUT2D eigenvalue weighted by molar-refractivity contribution is 6.31. The van der Waals surface area contributed by atoms with Crippen LogP contribution in [0, 0.1) is 5.82 Å². The number of hydrogen-bond acceptors (Lipinski definition) is 7. The van der Waals surface area contributed by atoms with Crippen LogP contribution in [0.1, 0.15) is 6.92 Å². The quantitative estimate of drug-likeness (QED) is 0.628. The lowest BCUT2D eigenvalue weighted by Gasteiger charge is -2.46. The van der Waals surface area contributed by atoms with Crippen molar-refractivity contribution in [3.63, 3.8) is 0 Å². The highest BCUT2D eigenvalue weighted by Crippen LogP contribution is 2.44. The highest BCUT2D eigenvalue weighted by Gasteiger charge is 2.58. The second-order valence-electron chi connectivity index (χ2n) is 8.14. The van der Waals surface area contributed by atoms with Crippen LogP contribution in [-0.2, 0) is 4.74 Å². The van der Waals surface area contributed by atoms with Crippen molar-refractivity contribution in [2.75, 3.05) is 37.5 Å². The maximum atomic E-state index is 14.5. The van der Waals surface area contributed by atoms with Crippen LogP contribution in [-0.4, -0.2) is 59.9 Å². The van der Waals surface area contributed by atoms with Crippen LogP contribution in [0.4, 0.5) is 26.4 Å². The number of rotatable bonds is 4. The Morgan fingerprint density at radius 1 is 1.31 bits per heavy atom. The standard InChI is InChI=1S/C22H21ClFN5O3/c1-12-22(9-28(2)10-22)32-21(30)29(12)17-7-13-16(8-18(17)31-3)25-11-26-20(13)27-15-6-4-5-14(23)19(15)24/h4-8,11-12H,9-10H2,1-3H3,(H,25,26,27)/t12-/m0/s1. The average Bonchev–Trinajstić information content (AvgIpc) is 3.00. The van der Waals surface area contributed by atoms with E-state index in [9.17, 15) is 9.18 Å². The SMILES string of the molecule is COc1cc2ncnc(Nc3cccc(Cl)c3F)c2cc1N1C(=O)OC2(CN(C)C2)[C@@H]1C. The zero-order valence-corrected chi connectivity index (χ0v) is 18.5. The zero-order valence-electron chi connectivity index (χ0n) is 17.7. The number of aromatic nitrogens is 2. The summed E-state index contributed by atoms with van der Waals surface area (Å²) >= 11 is 5.91. The number of nitrogens with zero attached hydrogens (tertiary/aromatic N) is 4. The number of hydrogen-bond donors (Lipinski definition) is 1. The van der Waals surface area contributed by atoms with E-state index in [0.717, 1.165) is 0 Å². The third kappa shape index (κ3) is 3.11. The molecule has 10 heteroatoms. The summed E-state index contributed by atoms with van der Waals surface area (Å²) < 4.78 is 25.8. The van der Waals surface area contributed by atoms with Crippen molar-refractivity contribution in [3.05, 3.63) is 47.5 Å². The summed E-state index contributed by atoms with van der Waals surface area (Å²) in [6.45, 7) is 3.29. The van der Waals surface area contributed by atoms with Gasteiger partial charge < -0.3 is 14.8 Å². The minimum Gasteiger partial charge on any atom is -0.494 e. The molecule has 1 amide bonds. The molecule has 0 aliphatic carbocycles. The molecule has 2 aliphatic rings. The molecule has 2 saturated heterocycles. The molecule has 3 heterocycles. The number of fused-ring (bicyclic) bond motifs is 1. The molecule has 1 aromatic heterocycles. The van der Waals surface area contributed by atoms with E-state index in [1.54, 1.807) is 29.2 Å². The fraction of sp³-hybridized carbons (Fsp3) is 0.318. The first-order valence-electron chi connectivity index (χ1n) is 10.1. The van der Waals surface area contributed by atoms with Gasteiger partial charge in [-0.2, -0.15) is 0 Å². The average molecular weight is 458 g/mol. The second-order valence-corrected chi connectivity index (χ2v) is 8.55. The van der Waals surface area contributed by atoms with E-state index in [0.29, 0.717) is 41.2 Å². The summed E-state index contributed by atoms with van der Waals surface area (Å²) in [5.41, 5.74) is 0.738. The Morgan fingerprint density at radius 2 is 2.09 bits per heavy atom. The van der Waals surface area contributed by atoms with Gasteiger partial charge in [-0.05, 0) is 32.2 Å². The lowest BCUT2D eigenvalue weighted by Crippen LogP contribution is -2.65. The van der Waals surface area contributed by atoms with Crippen LogP contribution in [0.25, 0.3) is 10.9 Å². The second kappa shape index (κ2) is 7.46. The van der Waals surface area contributed by atoms with Gasteiger partial charge >= 0.3 is 6.09 Å². The van der Waals surface area contributed by atoms with Crippen LogP contribution in [0.3, 0.4) is 0 Å². The van der Waals surface area contributed by atoms with Crippen LogP contribution >= 0.6 is 11.6 Å². The zero-order chi connectivity index (χ0) is 22.6. The Labute approximate surface area is 188 Å². The monoisotopic (exact) mass is 457 g/mol. The molecule has 2 aromatic carbocycles. The molecule has 0 radical (unpaired) electrons. The maximum absolute atomic E-state index is 14.5. The van der Waals surface area contributed by atoms with Gasteiger partial charge in [0.1, 0.15) is 17.9 Å². The molecular weight excluding hydrogens is 437 g/mol. The van der Waals surface area contributed by atoms with Crippen molar-refractivity contribution >= 4 is 45.8 Å². The van der Waals surface area contributed by atoms with Crippen LogP contribution < -0.4 is 15.0 Å². The van der Waals surface area contributed by atoms with E-state index in [4.69, 9.17) is 21.1 Å². The van der Waals surface area contributed by atoms with Gasteiger partial charge in [0.2, 0.25) is 0 Å². The normalized spacial score (nSPS) is 19.8. The molecule has 0 bridgehead atoms.